The van der Waals surface area contributed by atoms with Gasteiger partial charge in [-0.1, -0.05) is 6.07 Å². The lowest BCUT2D eigenvalue weighted by Gasteiger charge is -2.37. The van der Waals surface area contributed by atoms with Crippen LogP contribution in [0.15, 0.2) is 18.2 Å². The van der Waals surface area contributed by atoms with Crippen molar-refractivity contribution < 1.29 is 13.2 Å². The van der Waals surface area contributed by atoms with E-state index in [0.29, 0.717) is 6.54 Å². The number of benzene rings is 1. The highest BCUT2D eigenvalue weighted by molar-refractivity contribution is 7.92. The topological polar surface area (TPSA) is 55.4 Å². The molecule has 1 fully saturated rings. The first kappa shape index (κ1) is 12.0. The molecule has 1 saturated heterocycles. The summed E-state index contributed by atoms with van der Waals surface area (Å²) in [6, 6.07) is 5.90. The minimum atomic E-state index is -2.95. The number of aryl methyl sites for hydroxylation is 1. The predicted molar refractivity (Wildman–Crippen MR) is 69.6 cm³/mol. The fourth-order valence-electron chi connectivity index (χ4n) is 3.02. The second kappa shape index (κ2) is 4.24. The zero-order chi connectivity index (χ0) is 12.8. The van der Waals surface area contributed by atoms with Crippen molar-refractivity contribution in [1.29, 1.82) is 0 Å². The highest BCUT2D eigenvalue weighted by Gasteiger charge is 2.40. The molecule has 2 unspecified atom stereocenters. The number of hydrogen-bond donors (Lipinski definition) is 1. The summed E-state index contributed by atoms with van der Waals surface area (Å²) in [5, 5.41) is 3.08. The molecule has 98 valence electrons. The Morgan fingerprint density at radius 2 is 2.22 bits per heavy atom. The number of sulfone groups is 1. The first-order valence-corrected chi connectivity index (χ1v) is 7.95. The minimum Gasteiger partial charge on any atom is -0.497 e. The van der Waals surface area contributed by atoms with Crippen molar-refractivity contribution in [3.63, 3.8) is 0 Å². The Morgan fingerprint density at radius 1 is 1.39 bits per heavy atom. The van der Waals surface area contributed by atoms with E-state index in [2.05, 4.69) is 5.32 Å². The van der Waals surface area contributed by atoms with E-state index < -0.39 is 9.84 Å². The summed E-state index contributed by atoms with van der Waals surface area (Å²) >= 11 is 0. The number of hydrogen-bond acceptors (Lipinski definition) is 4. The Balaban J connectivity index is 2.06. The molecular formula is C13H17NO3S. The molecule has 0 spiro atoms. The maximum absolute atomic E-state index is 12.1. The smallest absolute Gasteiger partial charge is 0.156 e. The van der Waals surface area contributed by atoms with Crippen molar-refractivity contribution in [1.82, 2.24) is 5.32 Å². The van der Waals surface area contributed by atoms with Gasteiger partial charge >= 0.3 is 0 Å². The van der Waals surface area contributed by atoms with Gasteiger partial charge in [0.2, 0.25) is 0 Å². The molecule has 1 aromatic carbocycles. The molecular weight excluding hydrogens is 250 g/mol. The normalized spacial score (nSPS) is 29.2. The van der Waals surface area contributed by atoms with Crippen LogP contribution in [0.3, 0.4) is 0 Å². The second-order valence-electron chi connectivity index (χ2n) is 4.94. The molecule has 0 saturated carbocycles. The monoisotopic (exact) mass is 267 g/mol. The summed E-state index contributed by atoms with van der Waals surface area (Å²) in [4.78, 5) is 0. The van der Waals surface area contributed by atoms with Gasteiger partial charge in [0, 0.05) is 12.6 Å². The molecule has 0 amide bonds. The van der Waals surface area contributed by atoms with E-state index >= 15 is 0 Å². The van der Waals surface area contributed by atoms with Gasteiger partial charge in [-0.2, -0.15) is 0 Å². The maximum Gasteiger partial charge on any atom is 0.156 e. The van der Waals surface area contributed by atoms with Gasteiger partial charge in [0.1, 0.15) is 5.75 Å². The second-order valence-corrected chi connectivity index (χ2v) is 7.28. The van der Waals surface area contributed by atoms with Crippen molar-refractivity contribution in [2.45, 2.75) is 24.1 Å². The molecule has 1 heterocycles. The molecule has 2 aliphatic rings. The van der Waals surface area contributed by atoms with Crippen molar-refractivity contribution in [3.05, 3.63) is 29.3 Å². The van der Waals surface area contributed by atoms with E-state index in [4.69, 9.17) is 4.74 Å². The van der Waals surface area contributed by atoms with Crippen LogP contribution in [0, 0.1) is 0 Å². The van der Waals surface area contributed by atoms with Crippen molar-refractivity contribution in [2.75, 3.05) is 19.4 Å². The highest BCUT2D eigenvalue weighted by atomic mass is 32.2. The maximum atomic E-state index is 12.1. The van der Waals surface area contributed by atoms with Crippen LogP contribution in [-0.4, -0.2) is 33.1 Å². The largest absolute Gasteiger partial charge is 0.497 e. The van der Waals surface area contributed by atoms with Crippen LogP contribution in [0.2, 0.25) is 0 Å². The van der Waals surface area contributed by atoms with Crippen molar-refractivity contribution in [3.8, 4) is 5.75 Å². The molecule has 5 heteroatoms. The fraction of sp³-hybridized carbons (Fsp3) is 0.538. The van der Waals surface area contributed by atoms with Gasteiger partial charge in [-0.05, 0) is 36.1 Å². The van der Waals surface area contributed by atoms with Crippen molar-refractivity contribution >= 4 is 9.84 Å². The lowest BCUT2D eigenvalue weighted by molar-refractivity contribution is 0.406. The number of nitrogens with one attached hydrogen (secondary N) is 1. The fourth-order valence-corrected chi connectivity index (χ4v) is 4.86. The van der Waals surface area contributed by atoms with Crippen LogP contribution in [-0.2, 0) is 16.3 Å². The Bertz CT molecular complexity index is 568. The van der Waals surface area contributed by atoms with Gasteiger partial charge in [-0.25, -0.2) is 8.42 Å². The molecule has 3 rings (SSSR count). The molecule has 0 aromatic heterocycles. The summed E-state index contributed by atoms with van der Waals surface area (Å²) in [7, 11) is -1.32. The van der Waals surface area contributed by atoms with Gasteiger partial charge in [0.05, 0.1) is 18.1 Å². The molecule has 4 nitrogen and oxygen atoms in total. The first-order chi connectivity index (χ1) is 8.62. The Kier molecular flexibility index (Phi) is 2.83. The summed E-state index contributed by atoms with van der Waals surface area (Å²) in [5.74, 6) is 1.05. The third-order valence-electron chi connectivity index (χ3n) is 3.97. The lowest BCUT2D eigenvalue weighted by Crippen LogP contribution is -2.48. The Morgan fingerprint density at radius 3 is 3.00 bits per heavy atom. The number of fused-ring (bicyclic) bond motifs is 3. The zero-order valence-electron chi connectivity index (χ0n) is 10.3. The van der Waals surface area contributed by atoms with Crippen LogP contribution >= 0.6 is 0 Å². The third-order valence-corrected chi connectivity index (χ3v) is 6.17. The SMILES string of the molecule is COc1ccc2c(c1)C1NCCS(=O)(=O)C1CC2. The third kappa shape index (κ3) is 1.82. The van der Waals surface area contributed by atoms with Crippen LogP contribution in [0.4, 0.5) is 0 Å². The van der Waals surface area contributed by atoms with Crippen LogP contribution in [0.1, 0.15) is 23.6 Å². The standard InChI is InChI=1S/C13H17NO3S/c1-17-10-4-2-9-3-5-12-13(11(9)8-10)14-6-7-18(12,15)16/h2,4,8,12-14H,3,5-7H2,1H3. The molecule has 1 N–H and O–H groups in total. The predicted octanol–water partition coefficient (Wildman–Crippen LogP) is 1.07. The van der Waals surface area contributed by atoms with Crippen LogP contribution in [0.25, 0.3) is 0 Å². The van der Waals surface area contributed by atoms with Gasteiger partial charge in [0.15, 0.2) is 9.84 Å². The number of methoxy groups -OCH3 is 1. The number of rotatable bonds is 1. The van der Waals surface area contributed by atoms with Gasteiger partial charge in [-0.15, -0.1) is 0 Å². The summed E-state index contributed by atoms with van der Waals surface area (Å²) in [6.07, 6.45) is 1.56. The van der Waals surface area contributed by atoms with Crippen LogP contribution in [0.5, 0.6) is 5.75 Å². The van der Waals surface area contributed by atoms with E-state index in [-0.39, 0.29) is 17.0 Å². The first-order valence-electron chi connectivity index (χ1n) is 6.23. The van der Waals surface area contributed by atoms with E-state index in [1.54, 1.807) is 7.11 Å². The molecule has 1 aliphatic carbocycles. The van der Waals surface area contributed by atoms with Gasteiger partial charge in [0.25, 0.3) is 0 Å². The highest BCUT2D eigenvalue weighted by Crippen LogP contribution is 2.37. The molecule has 18 heavy (non-hydrogen) atoms. The lowest BCUT2D eigenvalue weighted by atomic mass is 9.87. The van der Waals surface area contributed by atoms with E-state index in [1.165, 1.54) is 5.56 Å². The molecule has 1 aromatic rings. The summed E-state index contributed by atoms with van der Waals surface area (Å²) in [6.45, 7) is 0.542. The van der Waals surface area contributed by atoms with Gasteiger partial charge < -0.3 is 10.1 Å². The Labute approximate surface area is 107 Å². The zero-order valence-corrected chi connectivity index (χ0v) is 11.2. The van der Waals surface area contributed by atoms with Crippen molar-refractivity contribution in [2.24, 2.45) is 0 Å². The number of ether oxygens (including phenoxy) is 1. The molecule has 2 atom stereocenters. The average molecular weight is 267 g/mol. The van der Waals surface area contributed by atoms with E-state index in [1.807, 2.05) is 18.2 Å². The van der Waals surface area contributed by atoms with Crippen LogP contribution < -0.4 is 10.1 Å². The molecule has 1 aliphatic heterocycles. The van der Waals surface area contributed by atoms with E-state index in [9.17, 15) is 8.42 Å². The summed E-state index contributed by atoms with van der Waals surface area (Å²) < 4.78 is 29.5. The minimum absolute atomic E-state index is 0.0670. The summed E-state index contributed by atoms with van der Waals surface area (Å²) in [5.41, 5.74) is 2.33. The Hall–Kier alpha value is -1.07. The molecule has 0 bridgehead atoms. The average Bonchev–Trinajstić information content (AvgIpc) is 2.37. The quantitative estimate of drug-likeness (QED) is 0.827. The van der Waals surface area contributed by atoms with E-state index in [0.717, 1.165) is 24.2 Å². The molecule has 0 radical (unpaired) electrons. The van der Waals surface area contributed by atoms with Gasteiger partial charge in [-0.3, -0.25) is 0 Å².